The van der Waals surface area contributed by atoms with E-state index in [-0.39, 0.29) is 101 Å². The molecule has 7 atom stereocenters. The highest BCUT2D eigenvalue weighted by atomic mass is 16.5. The van der Waals surface area contributed by atoms with Crippen LogP contribution in [0, 0.1) is 17.8 Å². The Morgan fingerprint density at radius 3 is 2.00 bits per heavy atom. The van der Waals surface area contributed by atoms with Crippen molar-refractivity contribution in [2.75, 3.05) is 74.0 Å². The molecule has 0 radical (unpaired) electrons. The van der Waals surface area contributed by atoms with Gasteiger partial charge in [-0.15, -0.1) is 0 Å². The zero-order valence-corrected chi connectivity index (χ0v) is 43.6. The molecule has 7 amide bonds. The van der Waals surface area contributed by atoms with Crippen molar-refractivity contribution in [3.8, 4) is 0 Å². The first-order chi connectivity index (χ1) is 34.3. The molecule has 402 valence electrons. The lowest BCUT2D eigenvalue weighted by atomic mass is 9.80. The number of carboxylic acid groups (broad SMARTS) is 1. The third-order valence-corrected chi connectivity index (χ3v) is 13.9. The van der Waals surface area contributed by atoms with E-state index in [0.717, 1.165) is 42.6 Å². The molecule has 20 heteroatoms. The number of nitrogens with one attached hydrogen (secondary N) is 3. The van der Waals surface area contributed by atoms with E-state index < -0.39 is 71.5 Å². The largest absolute Gasteiger partial charge is 0.480 e. The van der Waals surface area contributed by atoms with Crippen molar-refractivity contribution < 1.29 is 67.1 Å². The lowest BCUT2D eigenvalue weighted by Crippen LogP contribution is -2.62. The van der Waals surface area contributed by atoms with E-state index in [1.165, 1.54) is 26.4 Å². The number of nitrogens with zero attached hydrogens (tertiary/aromatic N) is 3. The number of hydrogen-bond donors (Lipinski definition) is 4. The van der Waals surface area contributed by atoms with Gasteiger partial charge >= 0.3 is 5.97 Å². The average molecular weight is 1010 g/mol. The fraction of sp³-hybridized carbons (Fsp3) is 0.692. The molecule has 1 saturated carbocycles. The van der Waals surface area contributed by atoms with Crippen molar-refractivity contribution in [3.05, 3.63) is 48.0 Å². The smallest absolute Gasteiger partial charge is 0.326 e. The van der Waals surface area contributed by atoms with Crippen LogP contribution in [0.2, 0.25) is 0 Å². The highest BCUT2D eigenvalue weighted by Crippen LogP contribution is 2.34. The number of methoxy groups -OCH3 is 2. The number of imide groups is 1. The monoisotopic (exact) mass is 1010 g/mol. The van der Waals surface area contributed by atoms with Gasteiger partial charge in [0.15, 0.2) is 0 Å². The van der Waals surface area contributed by atoms with E-state index in [1.807, 2.05) is 19.9 Å². The molecule has 0 spiro atoms. The minimum absolute atomic E-state index is 0.00561. The second-order valence-electron chi connectivity index (χ2n) is 19.8. The molecule has 1 saturated heterocycles. The molecule has 7 unspecified atom stereocenters. The van der Waals surface area contributed by atoms with Crippen molar-refractivity contribution in [2.45, 2.75) is 141 Å². The standard InChI is InChI=1S/C52H80N6O14/c1-34(2)45(54-51(67)52(4,5)55-41(59)23-26-70-28-30-72-31-29-71-27-25-58-42(60)21-22-43(58)61)49(64)56(6)46(37-18-13-10-14-19-37)40(68-7)33-44(62)57-24-15-20-39(57)47(69-8)35(3)48(63)53-38(50(65)66)32-36-16-11-9-12-17-36/h9,11-12,16-17,21-22,34-35,37-40,45-47H,10,13-15,18-20,23-33H2,1-8H3,(H,53,63)(H,54,67)(H,55,59)(H,65,66). The van der Waals surface area contributed by atoms with Gasteiger partial charge in [-0.05, 0) is 56.9 Å². The summed E-state index contributed by atoms with van der Waals surface area (Å²) in [4.78, 5) is 109. The van der Waals surface area contributed by atoms with Crippen LogP contribution in [-0.2, 0) is 68.5 Å². The Kier molecular flexibility index (Phi) is 24.2. The molecular weight excluding hydrogens is 933 g/mol. The molecule has 1 aliphatic carbocycles. The van der Waals surface area contributed by atoms with Gasteiger partial charge in [0.2, 0.25) is 29.5 Å². The van der Waals surface area contributed by atoms with Crippen molar-refractivity contribution in [1.29, 1.82) is 0 Å². The van der Waals surface area contributed by atoms with E-state index in [2.05, 4.69) is 16.0 Å². The molecule has 4 rings (SSSR count). The first-order valence-electron chi connectivity index (χ1n) is 25.4. The summed E-state index contributed by atoms with van der Waals surface area (Å²) in [5.74, 6) is -5.08. The molecule has 0 bridgehead atoms. The van der Waals surface area contributed by atoms with Crippen molar-refractivity contribution in [3.63, 3.8) is 0 Å². The Hall–Kier alpha value is -5.28. The maximum atomic E-state index is 14.7. The normalized spacial score (nSPS) is 18.9. The topological polar surface area (TPSA) is 249 Å². The first-order valence-corrected chi connectivity index (χ1v) is 25.4. The maximum Gasteiger partial charge on any atom is 0.326 e. The van der Waals surface area contributed by atoms with Crippen LogP contribution in [0.25, 0.3) is 0 Å². The molecule has 3 aliphatic rings. The van der Waals surface area contributed by atoms with Gasteiger partial charge in [0, 0.05) is 52.8 Å². The van der Waals surface area contributed by atoms with E-state index in [4.69, 9.17) is 23.7 Å². The second-order valence-corrected chi connectivity index (χ2v) is 19.8. The van der Waals surface area contributed by atoms with E-state index in [9.17, 15) is 43.5 Å². The quantitative estimate of drug-likeness (QED) is 0.0617. The van der Waals surface area contributed by atoms with Crippen molar-refractivity contribution in [1.82, 2.24) is 30.7 Å². The van der Waals surface area contributed by atoms with Gasteiger partial charge < -0.3 is 54.5 Å². The number of likely N-dealkylation sites (tertiary alicyclic amines) is 1. The molecule has 0 aromatic heterocycles. The molecule has 2 heterocycles. The fourth-order valence-electron chi connectivity index (χ4n) is 9.80. The highest BCUT2D eigenvalue weighted by Gasteiger charge is 2.45. The Bertz CT molecular complexity index is 1980. The van der Waals surface area contributed by atoms with Gasteiger partial charge in [-0.3, -0.25) is 38.5 Å². The van der Waals surface area contributed by atoms with Crippen LogP contribution in [0.1, 0.15) is 98.0 Å². The Morgan fingerprint density at radius 1 is 0.806 bits per heavy atom. The molecule has 1 aromatic rings. The summed E-state index contributed by atoms with van der Waals surface area (Å²) in [6, 6.07) is 5.91. The number of aliphatic carboxylic acids is 1. The molecular formula is C52H80N6O14. The van der Waals surface area contributed by atoms with Crippen molar-refractivity contribution >= 4 is 47.3 Å². The number of carboxylic acids is 1. The second kappa shape index (κ2) is 29.4. The Morgan fingerprint density at radius 2 is 1.42 bits per heavy atom. The van der Waals surface area contributed by atoms with Gasteiger partial charge in [0.05, 0.1) is 82.8 Å². The number of amides is 7. The van der Waals surface area contributed by atoms with Crippen LogP contribution >= 0.6 is 0 Å². The van der Waals surface area contributed by atoms with Crippen LogP contribution in [0.5, 0.6) is 0 Å². The summed E-state index contributed by atoms with van der Waals surface area (Å²) in [5, 5.41) is 18.3. The summed E-state index contributed by atoms with van der Waals surface area (Å²) in [7, 11) is 4.70. The zero-order chi connectivity index (χ0) is 53.0. The number of rotatable bonds is 31. The minimum Gasteiger partial charge on any atom is -0.480 e. The molecule has 20 nitrogen and oxygen atoms in total. The zero-order valence-electron chi connectivity index (χ0n) is 43.6. The highest BCUT2D eigenvalue weighted by molar-refractivity contribution is 6.12. The summed E-state index contributed by atoms with van der Waals surface area (Å²) >= 11 is 0. The number of likely N-dealkylation sites (N-methyl/N-ethyl adjacent to an activating group) is 1. The third kappa shape index (κ3) is 17.4. The van der Waals surface area contributed by atoms with Gasteiger partial charge in [-0.2, -0.15) is 0 Å². The lowest BCUT2D eigenvalue weighted by molar-refractivity contribution is -0.149. The Balaban J connectivity index is 1.32. The predicted octanol–water partition coefficient (Wildman–Crippen LogP) is 2.65. The minimum atomic E-state index is -1.40. The number of benzene rings is 1. The average Bonchev–Trinajstić information content (AvgIpc) is 3.97. The molecule has 4 N–H and O–H groups in total. The van der Waals surface area contributed by atoms with Gasteiger partial charge in [0.25, 0.3) is 11.8 Å². The number of carbonyl (C=O) groups is 8. The van der Waals surface area contributed by atoms with Gasteiger partial charge in [0.1, 0.15) is 17.6 Å². The molecule has 2 aliphatic heterocycles. The van der Waals surface area contributed by atoms with E-state index in [0.29, 0.717) is 19.4 Å². The third-order valence-electron chi connectivity index (χ3n) is 13.9. The number of ether oxygens (including phenoxy) is 5. The van der Waals surface area contributed by atoms with Crippen LogP contribution in [0.4, 0.5) is 0 Å². The maximum absolute atomic E-state index is 14.7. The summed E-state index contributed by atoms with van der Waals surface area (Å²) in [5.41, 5.74) is -0.632. The fourth-order valence-corrected chi connectivity index (χ4v) is 9.80. The summed E-state index contributed by atoms with van der Waals surface area (Å²) in [6.45, 7) is 10.3. The van der Waals surface area contributed by atoms with Crippen LogP contribution in [0.15, 0.2) is 42.5 Å². The number of carbonyl (C=O) groups excluding carboxylic acids is 7. The van der Waals surface area contributed by atoms with Gasteiger partial charge in [-0.1, -0.05) is 70.4 Å². The lowest BCUT2D eigenvalue weighted by Gasteiger charge is -2.43. The summed E-state index contributed by atoms with van der Waals surface area (Å²) < 4.78 is 28.5. The molecule has 1 aromatic carbocycles. The predicted molar refractivity (Wildman–Crippen MR) is 265 cm³/mol. The SMILES string of the molecule is COC(CC(=O)N1CCCC1C(OC)C(C)C(=O)NC(Cc1ccccc1)C(=O)O)C(C1CCCCC1)N(C)C(=O)C(NC(=O)C(C)(C)NC(=O)CCOCCOCCOCCN1C(=O)C=CC1=O)C(C)C. The first kappa shape index (κ1) is 59.3. The molecule has 72 heavy (non-hydrogen) atoms. The van der Waals surface area contributed by atoms with Gasteiger partial charge in [-0.25, -0.2) is 4.79 Å². The van der Waals surface area contributed by atoms with Crippen LogP contribution < -0.4 is 16.0 Å². The van der Waals surface area contributed by atoms with Crippen LogP contribution in [0.3, 0.4) is 0 Å². The molecule has 2 fully saturated rings. The number of hydrogen-bond acceptors (Lipinski definition) is 13. The van der Waals surface area contributed by atoms with E-state index in [1.54, 1.807) is 61.9 Å². The van der Waals surface area contributed by atoms with E-state index >= 15 is 0 Å². The Labute approximate surface area is 424 Å². The summed E-state index contributed by atoms with van der Waals surface area (Å²) in [6.07, 6.45) is 6.83. The van der Waals surface area contributed by atoms with Crippen LogP contribution in [-0.4, -0.2) is 183 Å². The van der Waals surface area contributed by atoms with Crippen molar-refractivity contribution in [2.24, 2.45) is 17.8 Å².